The molecule has 1 amide bonds. The van der Waals surface area contributed by atoms with Crippen molar-refractivity contribution < 1.29 is 13.2 Å². The molecule has 0 aliphatic carbocycles. The first-order valence-corrected chi connectivity index (χ1v) is 7.30. The average molecular weight is 255 g/mol. The van der Waals surface area contributed by atoms with Crippen LogP contribution in [0.15, 0.2) is 30.3 Å². The van der Waals surface area contributed by atoms with Gasteiger partial charge in [-0.3, -0.25) is 4.79 Å². The Bertz CT molecular complexity index is 468. The summed E-state index contributed by atoms with van der Waals surface area (Å²) in [5.41, 5.74) is 5.87. The maximum Gasteiger partial charge on any atom is 0.221 e. The van der Waals surface area contributed by atoms with Crippen molar-refractivity contribution in [2.75, 3.05) is 5.75 Å². The molecule has 2 N–H and O–H groups in total. The second-order valence-electron chi connectivity index (χ2n) is 4.05. The lowest BCUT2D eigenvalue weighted by Crippen LogP contribution is -2.29. The third-order valence-corrected chi connectivity index (χ3v) is 4.26. The number of carbonyl (C=O) groups is 1. The van der Waals surface area contributed by atoms with E-state index in [1.54, 1.807) is 31.2 Å². The fraction of sp³-hybridized carbons (Fsp3) is 0.417. The Morgan fingerprint density at radius 2 is 1.88 bits per heavy atom. The minimum atomic E-state index is -3.29. The highest BCUT2D eigenvalue weighted by Gasteiger charge is 2.22. The van der Waals surface area contributed by atoms with Crippen LogP contribution in [0.2, 0.25) is 0 Å². The number of amides is 1. The number of rotatable bonds is 6. The van der Waals surface area contributed by atoms with Crippen molar-refractivity contribution in [3.63, 3.8) is 0 Å². The molecule has 1 atom stereocenters. The Kier molecular flexibility index (Phi) is 4.69. The lowest BCUT2D eigenvalue weighted by Gasteiger charge is -2.11. The lowest BCUT2D eigenvalue weighted by atomic mass is 10.1. The van der Waals surface area contributed by atoms with Gasteiger partial charge < -0.3 is 5.73 Å². The average Bonchev–Trinajstić information content (AvgIpc) is 2.26. The maximum atomic E-state index is 11.9. The van der Waals surface area contributed by atoms with Gasteiger partial charge in [-0.25, -0.2) is 8.42 Å². The first-order valence-electron chi connectivity index (χ1n) is 5.48. The molecule has 0 bridgehead atoms. The van der Waals surface area contributed by atoms with Gasteiger partial charge in [0, 0.05) is 0 Å². The monoisotopic (exact) mass is 255 g/mol. The molecule has 1 unspecified atom stereocenters. The second kappa shape index (κ2) is 5.82. The predicted octanol–water partition coefficient (Wildman–Crippen LogP) is 1.11. The number of hydrogen-bond acceptors (Lipinski definition) is 3. The molecule has 1 aromatic rings. The van der Waals surface area contributed by atoms with Crippen LogP contribution in [-0.4, -0.2) is 20.1 Å². The van der Waals surface area contributed by atoms with Gasteiger partial charge in [-0.05, 0) is 12.0 Å². The number of nitrogens with two attached hydrogens (primary N) is 1. The topological polar surface area (TPSA) is 77.2 Å². The number of benzene rings is 1. The molecule has 4 nitrogen and oxygen atoms in total. The van der Waals surface area contributed by atoms with E-state index < -0.39 is 21.7 Å². The molecule has 0 aromatic heterocycles. The predicted molar refractivity (Wildman–Crippen MR) is 66.9 cm³/mol. The minimum absolute atomic E-state index is 0.0440. The summed E-state index contributed by atoms with van der Waals surface area (Å²) in [5.74, 6) is -1.36. The highest BCUT2D eigenvalue weighted by Crippen LogP contribution is 2.12. The third kappa shape index (κ3) is 4.56. The van der Waals surface area contributed by atoms with Gasteiger partial charge in [-0.2, -0.15) is 0 Å². The molecule has 0 saturated heterocycles. The first-order chi connectivity index (χ1) is 7.94. The van der Waals surface area contributed by atoms with Crippen LogP contribution in [0.1, 0.15) is 18.9 Å². The van der Waals surface area contributed by atoms with Crippen molar-refractivity contribution in [1.82, 2.24) is 0 Å². The van der Waals surface area contributed by atoms with Gasteiger partial charge in [0.2, 0.25) is 5.91 Å². The SMILES string of the molecule is CCC(CS(=O)(=O)Cc1ccccc1)C(N)=O. The first kappa shape index (κ1) is 13.7. The van der Waals surface area contributed by atoms with E-state index in [9.17, 15) is 13.2 Å². The van der Waals surface area contributed by atoms with Crippen molar-refractivity contribution in [2.24, 2.45) is 11.7 Å². The summed E-state index contributed by atoms with van der Waals surface area (Å²) < 4.78 is 23.7. The Balaban J connectivity index is 2.73. The summed E-state index contributed by atoms with van der Waals surface area (Å²) in [6.45, 7) is 1.76. The molecule has 0 spiro atoms. The van der Waals surface area contributed by atoms with Crippen LogP contribution in [0.25, 0.3) is 0 Å². The van der Waals surface area contributed by atoms with E-state index in [0.29, 0.717) is 6.42 Å². The van der Waals surface area contributed by atoms with E-state index in [1.807, 2.05) is 6.07 Å². The van der Waals surface area contributed by atoms with E-state index in [0.717, 1.165) is 5.56 Å². The second-order valence-corrected chi connectivity index (χ2v) is 6.16. The summed E-state index contributed by atoms with van der Waals surface area (Å²) in [5, 5.41) is 0. The molecule has 0 aliphatic rings. The van der Waals surface area contributed by atoms with Gasteiger partial charge in [0.25, 0.3) is 0 Å². The molecule has 0 aliphatic heterocycles. The van der Waals surface area contributed by atoms with Crippen LogP contribution in [0.5, 0.6) is 0 Å². The highest BCUT2D eigenvalue weighted by molar-refractivity contribution is 7.90. The standard InChI is InChI=1S/C12H17NO3S/c1-2-11(12(13)14)9-17(15,16)8-10-6-4-3-5-7-10/h3-7,11H,2,8-9H2,1H3,(H2,13,14). The smallest absolute Gasteiger partial charge is 0.221 e. The lowest BCUT2D eigenvalue weighted by molar-refractivity contribution is -0.121. The molecule has 17 heavy (non-hydrogen) atoms. The Hall–Kier alpha value is -1.36. The summed E-state index contributed by atoms with van der Waals surface area (Å²) in [4.78, 5) is 11.0. The van der Waals surface area contributed by atoms with Crippen molar-refractivity contribution >= 4 is 15.7 Å². The van der Waals surface area contributed by atoms with Gasteiger partial charge in [0.05, 0.1) is 17.4 Å². The van der Waals surface area contributed by atoms with Gasteiger partial charge in [0.1, 0.15) is 0 Å². The third-order valence-electron chi connectivity index (χ3n) is 2.58. The highest BCUT2D eigenvalue weighted by atomic mass is 32.2. The van der Waals surface area contributed by atoms with Crippen molar-refractivity contribution in [3.05, 3.63) is 35.9 Å². The summed E-state index contributed by atoms with van der Waals surface area (Å²) in [6.07, 6.45) is 0.448. The fourth-order valence-electron chi connectivity index (χ4n) is 1.59. The molecular formula is C12H17NO3S. The molecular weight excluding hydrogens is 238 g/mol. The van der Waals surface area contributed by atoms with Gasteiger partial charge in [-0.1, -0.05) is 37.3 Å². The zero-order valence-electron chi connectivity index (χ0n) is 9.80. The van der Waals surface area contributed by atoms with E-state index in [2.05, 4.69) is 0 Å². The van der Waals surface area contributed by atoms with Crippen molar-refractivity contribution in [3.8, 4) is 0 Å². The molecule has 1 rings (SSSR count). The molecule has 0 fully saturated rings. The molecule has 0 radical (unpaired) electrons. The Morgan fingerprint density at radius 3 is 2.35 bits per heavy atom. The van der Waals surface area contributed by atoms with E-state index in [1.165, 1.54) is 0 Å². The van der Waals surface area contributed by atoms with Gasteiger partial charge in [-0.15, -0.1) is 0 Å². The molecule has 0 heterocycles. The van der Waals surface area contributed by atoms with Crippen LogP contribution in [0.3, 0.4) is 0 Å². The summed E-state index contributed by atoms with van der Waals surface area (Å²) in [6, 6.07) is 8.91. The molecule has 5 heteroatoms. The van der Waals surface area contributed by atoms with Crippen LogP contribution in [-0.2, 0) is 20.4 Å². The van der Waals surface area contributed by atoms with E-state index in [-0.39, 0.29) is 11.5 Å². The van der Waals surface area contributed by atoms with Gasteiger partial charge in [0.15, 0.2) is 9.84 Å². The number of sulfone groups is 1. The van der Waals surface area contributed by atoms with Crippen LogP contribution >= 0.6 is 0 Å². The fourth-order valence-corrected chi connectivity index (χ4v) is 3.43. The zero-order valence-corrected chi connectivity index (χ0v) is 10.6. The summed E-state index contributed by atoms with van der Waals surface area (Å²) >= 11 is 0. The molecule has 94 valence electrons. The van der Waals surface area contributed by atoms with Crippen LogP contribution in [0.4, 0.5) is 0 Å². The number of hydrogen-bond donors (Lipinski definition) is 1. The number of primary amides is 1. The maximum absolute atomic E-state index is 11.9. The quantitative estimate of drug-likeness (QED) is 0.827. The number of carbonyl (C=O) groups excluding carboxylic acids is 1. The Morgan fingerprint density at radius 1 is 1.29 bits per heavy atom. The van der Waals surface area contributed by atoms with Crippen LogP contribution in [0, 0.1) is 5.92 Å². The van der Waals surface area contributed by atoms with E-state index in [4.69, 9.17) is 5.73 Å². The zero-order chi connectivity index (χ0) is 12.9. The van der Waals surface area contributed by atoms with Crippen LogP contribution < -0.4 is 5.73 Å². The van der Waals surface area contributed by atoms with Crippen molar-refractivity contribution in [2.45, 2.75) is 19.1 Å². The normalized spacial score (nSPS) is 13.2. The summed E-state index contributed by atoms with van der Waals surface area (Å²) in [7, 11) is -3.29. The van der Waals surface area contributed by atoms with E-state index >= 15 is 0 Å². The van der Waals surface area contributed by atoms with Crippen molar-refractivity contribution in [1.29, 1.82) is 0 Å². The Labute approximate surface area is 102 Å². The minimum Gasteiger partial charge on any atom is -0.369 e. The molecule has 0 saturated carbocycles. The largest absolute Gasteiger partial charge is 0.369 e. The molecule has 1 aromatic carbocycles. The van der Waals surface area contributed by atoms with Gasteiger partial charge >= 0.3 is 0 Å².